The van der Waals surface area contributed by atoms with E-state index in [1.807, 2.05) is 0 Å². The fourth-order valence-electron chi connectivity index (χ4n) is 2.14. The van der Waals surface area contributed by atoms with Gasteiger partial charge in [0, 0.05) is 12.2 Å². The smallest absolute Gasteiger partial charge is 0.168 e. The molecule has 2 rings (SSSR count). The predicted octanol–water partition coefficient (Wildman–Crippen LogP) is 1.14. The zero-order chi connectivity index (χ0) is 9.97. The number of aromatic nitrogens is 2. The predicted molar refractivity (Wildman–Crippen MR) is 53.1 cm³/mol. The number of nitrogens with two attached hydrogens (primary N) is 1. The molecule has 0 bridgehead atoms. The van der Waals surface area contributed by atoms with E-state index in [9.17, 15) is 4.79 Å². The highest BCUT2D eigenvalue weighted by molar-refractivity contribution is 5.71. The zero-order valence-electron chi connectivity index (χ0n) is 8.10. The largest absolute Gasteiger partial charge is 0.326 e. The first-order valence-electron chi connectivity index (χ1n) is 5.07. The third kappa shape index (κ3) is 1.57. The van der Waals surface area contributed by atoms with Gasteiger partial charge in [0.05, 0.1) is 6.04 Å². The highest BCUT2D eigenvalue weighted by atomic mass is 16.1. The molecule has 1 heterocycles. The minimum Gasteiger partial charge on any atom is -0.326 e. The summed E-state index contributed by atoms with van der Waals surface area (Å²) in [5.41, 5.74) is 6.65. The van der Waals surface area contributed by atoms with Crippen molar-refractivity contribution in [3.63, 3.8) is 0 Å². The second-order valence-corrected chi connectivity index (χ2v) is 3.83. The van der Waals surface area contributed by atoms with E-state index in [2.05, 4.69) is 5.10 Å². The molecule has 0 saturated heterocycles. The Kier molecular flexibility index (Phi) is 2.63. The summed E-state index contributed by atoms with van der Waals surface area (Å²) in [6.45, 7) is 0. The molecule has 1 aliphatic carbocycles. The molecule has 0 aromatic carbocycles. The summed E-state index contributed by atoms with van der Waals surface area (Å²) < 4.78 is 1.77. The van der Waals surface area contributed by atoms with Crippen molar-refractivity contribution in [2.24, 2.45) is 5.73 Å². The standard InChI is InChI=1S/C10H15N3O/c11-9-3-1-2-4-10(9)13-8(7-14)5-6-12-13/h5-7,9-10H,1-4,11H2. The molecule has 1 aromatic heterocycles. The van der Waals surface area contributed by atoms with Gasteiger partial charge in [0.1, 0.15) is 5.69 Å². The van der Waals surface area contributed by atoms with E-state index in [0.29, 0.717) is 5.69 Å². The Labute approximate surface area is 83.1 Å². The van der Waals surface area contributed by atoms with Crippen molar-refractivity contribution in [3.8, 4) is 0 Å². The SMILES string of the molecule is NC1CCCCC1n1nccc1C=O. The Morgan fingerprint density at radius 3 is 3.00 bits per heavy atom. The average Bonchev–Trinajstić information content (AvgIpc) is 2.66. The van der Waals surface area contributed by atoms with E-state index in [4.69, 9.17) is 5.73 Å². The summed E-state index contributed by atoms with van der Waals surface area (Å²) in [4.78, 5) is 10.7. The van der Waals surface area contributed by atoms with Gasteiger partial charge in [0.15, 0.2) is 6.29 Å². The second-order valence-electron chi connectivity index (χ2n) is 3.83. The van der Waals surface area contributed by atoms with Gasteiger partial charge in [-0.25, -0.2) is 0 Å². The third-order valence-corrected chi connectivity index (χ3v) is 2.92. The number of rotatable bonds is 2. The monoisotopic (exact) mass is 193 g/mol. The Morgan fingerprint density at radius 2 is 2.29 bits per heavy atom. The van der Waals surface area contributed by atoms with Crippen LogP contribution in [0.25, 0.3) is 0 Å². The van der Waals surface area contributed by atoms with Crippen LogP contribution >= 0.6 is 0 Å². The van der Waals surface area contributed by atoms with Crippen LogP contribution < -0.4 is 5.73 Å². The minimum atomic E-state index is 0.141. The van der Waals surface area contributed by atoms with Crippen molar-refractivity contribution in [3.05, 3.63) is 18.0 Å². The van der Waals surface area contributed by atoms with Gasteiger partial charge < -0.3 is 5.73 Å². The molecule has 1 aromatic rings. The van der Waals surface area contributed by atoms with Crippen molar-refractivity contribution in [1.82, 2.24) is 9.78 Å². The van der Waals surface area contributed by atoms with Crippen molar-refractivity contribution in [2.75, 3.05) is 0 Å². The van der Waals surface area contributed by atoms with Crippen molar-refractivity contribution < 1.29 is 4.79 Å². The Bertz CT molecular complexity index is 321. The number of nitrogens with zero attached hydrogens (tertiary/aromatic N) is 2. The molecule has 4 nitrogen and oxygen atoms in total. The van der Waals surface area contributed by atoms with Crippen LogP contribution in [0.3, 0.4) is 0 Å². The molecule has 0 amide bonds. The minimum absolute atomic E-state index is 0.141. The van der Waals surface area contributed by atoms with Gasteiger partial charge in [-0.05, 0) is 18.9 Å². The van der Waals surface area contributed by atoms with Crippen molar-refractivity contribution in [1.29, 1.82) is 0 Å². The number of carbonyl (C=O) groups is 1. The molecular weight excluding hydrogens is 178 g/mol. The topological polar surface area (TPSA) is 60.9 Å². The number of hydrogen-bond donors (Lipinski definition) is 1. The lowest BCUT2D eigenvalue weighted by atomic mass is 9.91. The molecule has 0 spiro atoms. The summed E-state index contributed by atoms with van der Waals surface area (Å²) in [6, 6.07) is 2.08. The van der Waals surface area contributed by atoms with Gasteiger partial charge in [-0.3, -0.25) is 9.48 Å². The first-order valence-corrected chi connectivity index (χ1v) is 5.07. The van der Waals surface area contributed by atoms with E-state index in [1.165, 1.54) is 12.8 Å². The van der Waals surface area contributed by atoms with Crippen LogP contribution in [0.2, 0.25) is 0 Å². The number of carbonyl (C=O) groups excluding carboxylic acids is 1. The Balaban J connectivity index is 2.24. The molecule has 2 atom stereocenters. The van der Waals surface area contributed by atoms with E-state index in [1.54, 1.807) is 16.9 Å². The molecule has 1 fully saturated rings. The Morgan fingerprint density at radius 1 is 1.50 bits per heavy atom. The molecule has 14 heavy (non-hydrogen) atoms. The van der Waals surface area contributed by atoms with Crippen molar-refractivity contribution >= 4 is 6.29 Å². The molecule has 2 N–H and O–H groups in total. The molecule has 2 unspecified atom stereocenters. The lowest BCUT2D eigenvalue weighted by Crippen LogP contribution is -2.36. The molecule has 0 radical (unpaired) electrons. The normalized spacial score (nSPS) is 27.5. The summed E-state index contributed by atoms with van der Waals surface area (Å²) >= 11 is 0. The van der Waals surface area contributed by atoms with Gasteiger partial charge in [-0.2, -0.15) is 5.10 Å². The second kappa shape index (κ2) is 3.92. The lowest BCUT2D eigenvalue weighted by Gasteiger charge is -2.29. The van der Waals surface area contributed by atoms with Gasteiger partial charge in [-0.1, -0.05) is 12.8 Å². The van der Waals surface area contributed by atoms with Crippen LogP contribution in [0.4, 0.5) is 0 Å². The summed E-state index contributed by atoms with van der Waals surface area (Å²) in [6.07, 6.45) is 6.93. The molecule has 76 valence electrons. The zero-order valence-corrected chi connectivity index (χ0v) is 8.10. The first-order chi connectivity index (χ1) is 6.83. The van der Waals surface area contributed by atoms with E-state index in [-0.39, 0.29) is 12.1 Å². The quantitative estimate of drug-likeness (QED) is 0.716. The third-order valence-electron chi connectivity index (χ3n) is 2.92. The van der Waals surface area contributed by atoms with Crippen molar-refractivity contribution in [2.45, 2.75) is 37.8 Å². The van der Waals surface area contributed by atoms with E-state index >= 15 is 0 Å². The van der Waals surface area contributed by atoms with E-state index < -0.39 is 0 Å². The number of hydrogen-bond acceptors (Lipinski definition) is 3. The maximum Gasteiger partial charge on any atom is 0.168 e. The van der Waals surface area contributed by atoms with Crippen LogP contribution in [0.1, 0.15) is 42.2 Å². The summed E-state index contributed by atoms with van der Waals surface area (Å²) in [7, 11) is 0. The van der Waals surface area contributed by atoms with Gasteiger partial charge in [-0.15, -0.1) is 0 Å². The van der Waals surface area contributed by atoms with Crippen LogP contribution in [-0.4, -0.2) is 22.1 Å². The number of aldehydes is 1. The average molecular weight is 193 g/mol. The molecule has 1 saturated carbocycles. The van der Waals surface area contributed by atoms with Crippen LogP contribution in [-0.2, 0) is 0 Å². The van der Waals surface area contributed by atoms with Gasteiger partial charge >= 0.3 is 0 Å². The highest BCUT2D eigenvalue weighted by Crippen LogP contribution is 2.27. The lowest BCUT2D eigenvalue weighted by molar-refractivity contribution is 0.110. The van der Waals surface area contributed by atoms with Crippen LogP contribution in [0.5, 0.6) is 0 Å². The first kappa shape index (κ1) is 9.40. The molecule has 1 aliphatic rings. The van der Waals surface area contributed by atoms with Gasteiger partial charge in [0.25, 0.3) is 0 Å². The van der Waals surface area contributed by atoms with Gasteiger partial charge in [0.2, 0.25) is 0 Å². The summed E-state index contributed by atoms with van der Waals surface area (Å²) in [5, 5.41) is 4.17. The van der Waals surface area contributed by atoms with E-state index in [0.717, 1.165) is 19.1 Å². The van der Waals surface area contributed by atoms with Crippen LogP contribution in [0, 0.1) is 0 Å². The Hall–Kier alpha value is -1.16. The van der Waals surface area contributed by atoms with Crippen LogP contribution in [0.15, 0.2) is 12.3 Å². The molecule has 4 heteroatoms. The molecular formula is C10H15N3O. The highest BCUT2D eigenvalue weighted by Gasteiger charge is 2.25. The summed E-state index contributed by atoms with van der Waals surface area (Å²) in [5.74, 6) is 0. The molecule has 0 aliphatic heterocycles. The maximum absolute atomic E-state index is 10.7. The fraction of sp³-hybridized carbons (Fsp3) is 0.600. The maximum atomic E-state index is 10.7. The fourth-order valence-corrected chi connectivity index (χ4v) is 2.14.